The molecule has 1 amide bonds. The number of rotatable bonds is 5. The molecule has 1 heterocycles. The fourth-order valence-electron chi connectivity index (χ4n) is 1.82. The second-order valence-corrected chi connectivity index (χ2v) is 5.89. The van der Waals surface area contributed by atoms with Crippen molar-refractivity contribution in [2.75, 3.05) is 7.05 Å². The van der Waals surface area contributed by atoms with Crippen molar-refractivity contribution in [2.45, 2.75) is 52.6 Å². The number of carbonyl (C=O) groups is 1. The second-order valence-electron chi connectivity index (χ2n) is 4.77. The van der Waals surface area contributed by atoms with E-state index in [1.54, 1.807) is 16.2 Å². The van der Waals surface area contributed by atoms with Gasteiger partial charge in [-0.25, -0.2) is 4.98 Å². The molecule has 4 nitrogen and oxygen atoms in total. The summed E-state index contributed by atoms with van der Waals surface area (Å²) in [6.07, 6.45) is 1.33. The molecule has 0 saturated carbocycles. The third-order valence-electron chi connectivity index (χ3n) is 3.03. The Morgan fingerprint density at radius 2 is 2.11 bits per heavy atom. The van der Waals surface area contributed by atoms with Crippen LogP contribution < -0.4 is 5.73 Å². The van der Waals surface area contributed by atoms with Crippen LogP contribution in [-0.2, 0) is 11.2 Å². The third-order valence-corrected chi connectivity index (χ3v) is 4.50. The number of nitrogens with zero attached hydrogens (tertiary/aromatic N) is 2. The minimum Gasteiger partial charge on any atom is -0.338 e. The molecule has 2 unspecified atom stereocenters. The Kier molecular flexibility index (Phi) is 5.28. The smallest absolute Gasteiger partial charge is 0.224 e. The molecular formula is C13H23N3OS. The minimum absolute atomic E-state index is 0.0639. The van der Waals surface area contributed by atoms with E-state index in [1.807, 2.05) is 27.8 Å². The summed E-state index contributed by atoms with van der Waals surface area (Å²) in [5.74, 6) is 0.0864. The van der Waals surface area contributed by atoms with Gasteiger partial charge in [0, 0.05) is 24.4 Å². The highest BCUT2D eigenvalue weighted by molar-refractivity contribution is 7.11. The summed E-state index contributed by atoms with van der Waals surface area (Å²) in [6, 6.07) is -0.0324. The van der Waals surface area contributed by atoms with Gasteiger partial charge in [-0.05, 0) is 27.2 Å². The van der Waals surface area contributed by atoms with Crippen LogP contribution in [0.15, 0.2) is 0 Å². The molecule has 1 aromatic heterocycles. The zero-order chi connectivity index (χ0) is 13.9. The minimum atomic E-state index is -0.0964. The largest absolute Gasteiger partial charge is 0.338 e. The average molecular weight is 269 g/mol. The zero-order valence-electron chi connectivity index (χ0n) is 11.9. The number of nitrogens with two attached hydrogens (primary N) is 1. The van der Waals surface area contributed by atoms with Gasteiger partial charge in [0.15, 0.2) is 0 Å². The van der Waals surface area contributed by atoms with Gasteiger partial charge in [0.1, 0.15) is 0 Å². The second kappa shape index (κ2) is 6.29. The molecule has 0 fully saturated rings. The quantitative estimate of drug-likeness (QED) is 0.892. The maximum absolute atomic E-state index is 12.0. The normalized spacial score (nSPS) is 14.3. The number of aryl methyl sites for hydroxylation is 2. The fourth-order valence-corrected chi connectivity index (χ4v) is 2.92. The molecule has 2 N–H and O–H groups in total. The van der Waals surface area contributed by atoms with E-state index in [2.05, 4.69) is 11.9 Å². The molecule has 0 aliphatic rings. The molecule has 1 aromatic rings. The predicted molar refractivity (Wildman–Crippen MR) is 75.7 cm³/mol. The first-order chi connectivity index (χ1) is 8.36. The van der Waals surface area contributed by atoms with E-state index in [-0.39, 0.29) is 18.0 Å². The highest BCUT2D eigenvalue weighted by atomic mass is 32.1. The van der Waals surface area contributed by atoms with Crippen molar-refractivity contribution in [2.24, 2.45) is 5.73 Å². The van der Waals surface area contributed by atoms with Crippen LogP contribution >= 0.6 is 11.3 Å². The lowest BCUT2D eigenvalue weighted by molar-refractivity contribution is -0.132. The molecule has 0 radical (unpaired) electrons. The van der Waals surface area contributed by atoms with Gasteiger partial charge in [0.25, 0.3) is 0 Å². The van der Waals surface area contributed by atoms with Crippen molar-refractivity contribution in [3.05, 3.63) is 15.6 Å². The summed E-state index contributed by atoms with van der Waals surface area (Å²) in [4.78, 5) is 19.4. The number of thiazole rings is 1. The number of hydrogen-bond donors (Lipinski definition) is 1. The Labute approximate surface area is 113 Å². The van der Waals surface area contributed by atoms with Crippen molar-refractivity contribution in [1.82, 2.24) is 9.88 Å². The average Bonchev–Trinajstić information content (AvgIpc) is 2.67. The van der Waals surface area contributed by atoms with Crippen molar-refractivity contribution < 1.29 is 4.79 Å². The number of carbonyl (C=O) groups excluding carboxylic acids is 1. The predicted octanol–water partition coefficient (Wildman–Crippen LogP) is 2.27. The molecular weight excluding hydrogens is 246 g/mol. The van der Waals surface area contributed by atoms with Crippen molar-refractivity contribution in [3.8, 4) is 0 Å². The summed E-state index contributed by atoms with van der Waals surface area (Å²) in [5.41, 5.74) is 6.70. The molecule has 2 atom stereocenters. The Bertz CT molecular complexity index is 414. The molecule has 0 saturated heterocycles. The highest BCUT2D eigenvalue weighted by Crippen LogP contribution is 2.29. The van der Waals surface area contributed by atoms with Crippen LogP contribution in [-0.4, -0.2) is 28.9 Å². The molecule has 1 rings (SSSR count). The maximum Gasteiger partial charge on any atom is 0.224 e. The van der Waals surface area contributed by atoms with E-state index < -0.39 is 0 Å². The van der Waals surface area contributed by atoms with Crippen molar-refractivity contribution in [3.63, 3.8) is 0 Å². The van der Waals surface area contributed by atoms with E-state index in [9.17, 15) is 4.79 Å². The molecule has 0 aliphatic heterocycles. The van der Waals surface area contributed by atoms with Gasteiger partial charge in [0.2, 0.25) is 5.91 Å². The molecule has 18 heavy (non-hydrogen) atoms. The van der Waals surface area contributed by atoms with Crippen LogP contribution in [0, 0.1) is 6.92 Å². The van der Waals surface area contributed by atoms with E-state index in [0.29, 0.717) is 6.42 Å². The lowest BCUT2D eigenvalue weighted by Gasteiger charge is -2.25. The van der Waals surface area contributed by atoms with Gasteiger partial charge in [-0.2, -0.15) is 0 Å². The first-order valence-electron chi connectivity index (χ1n) is 6.34. The van der Waals surface area contributed by atoms with Gasteiger partial charge in [-0.3, -0.25) is 4.79 Å². The lowest BCUT2D eigenvalue weighted by atomic mass is 10.1. The monoisotopic (exact) mass is 269 g/mol. The first kappa shape index (κ1) is 15.1. The van der Waals surface area contributed by atoms with Crippen LogP contribution in [0.3, 0.4) is 0 Å². The zero-order valence-corrected chi connectivity index (χ0v) is 12.7. The number of hydrogen-bond acceptors (Lipinski definition) is 4. The summed E-state index contributed by atoms with van der Waals surface area (Å²) in [5, 5.41) is 1.13. The summed E-state index contributed by atoms with van der Waals surface area (Å²) >= 11 is 1.70. The topological polar surface area (TPSA) is 59.2 Å². The number of amides is 1. The lowest BCUT2D eigenvalue weighted by Crippen LogP contribution is -2.33. The molecule has 0 bridgehead atoms. The van der Waals surface area contributed by atoms with Crippen LogP contribution in [0.1, 0.15) is 48.8 Å². The Balaban J connectivity index is 2.82. The van der Waals surface area contributed by atoms with E-state index >= 15 is 0 Å². The van der Waals surface area contributed by atoms with Crippen LogP contribution in [0.5, 0.6) is 0 Å². The first-order valence-corrected chi connectivity index (χ1v) is 7.15. The molecule has 0 spiro atoms. The summed E-state index contributed by atoms with van der Waals surface area (Å²) in [6.45, 7) is 7.99. The van der Waals surface area contributed by atoms with Crippen molar-refractivity contribution in [1.29, 1.82) is 0 Å². The van der Waals surface area contributed by atoms with Crippen LogP contribution in [0.25, 0.3) is 0 Å². The van der Waals surface area contributed by atoms with Gasteiger partial charge in [-0.15, -0.1) is 11.3 Å². The SMILES string of the molecule is CCc1nc(C)c(C(C)N(C)C(=O)CC(C)N)s1. The Hall–Kier alpha value is -0.940. The molecule has 0 aromatic carbocycles. The van der Waals surface area contributed by atoms with Crippen molar-refractivity contribution >= 4 is 17.2 Å². The van der Waals surface area contributed by atoms with E-state index in [4.69, 9.17) is 5.73 Å². The highest BCUT2D eigenvalue weighted by Gasteiger charge is 2.22. The van der Waals surface area contributed by atoms with Gasteiger partial charge >= 0.3 is 0 Å². The maximum atomic E-state index is 12.0. The van der Waals surface area contributed by atoms with Gasteiger partial charge < -0.3 is 10.6 Å². The van der Waals surface area contributed by atoms with Crippen LogP contribution in [0.4, 0.5) is 0 Å². The fraction of sp³-hybridized carbons (Fsp3) is 0.692. The van der Waals surface area contributed by atoms with E-state index in [1.165, 1.54) is 4.88 Å². The molecule has 102 valence electrons. The van der Waals surface area contributed by atoms with Gasteiger partial charge in [0.05, 0.1) is 16.7 Å². The molecule has 5 heteroatoms. The third kappa shape index (κ3) is 3.53. The number of aromatic nitrogens is 1. The molecule has 0 aliphatic carbocycles. The Morgan fingerprint density at radius 3 is 2.56 bits per heavy atom. The van der Waals surface area contributed by atoms with Crippen LogP contribution in [0.2, 0.25) is 0 Å². The standard InChI is InChI=1S/C13H23N3OS/c1-6-11-15-9(3)13(18-11)10(4)16(5)12(17)7-8(2)14/h8,10H,6-7,14H2,1-5H3. The van der Waals surface area contributed by atoms with E-state index in [0.717, 1.165) is 17.1 Å². The van der Waals surface area contributed by atoms with Gasteiger partial charge in [-0.1, -0.05) is 6.92 Å². The Morgan fingerprint density at radius 1 is 1.50 bits per heavy atom. The summed E-state index contributed by atoms with van der Waals surface area (Å²) in [7, 11) is 1.83. The summed E-state index contributed by atoms with van der Waals surface area (Å²) < 4.78 is 0.